The van der Waals surface area contributed by atoms with Gasteiger partial charge in [-0.1, -0.05) is 47.0 Å². The van der Waals surface area contributed by atoms with Gasteiger partial charge in [0.15, 0.2) is 0 Å². The van der Waals surface area contributed by atoms with Crippen molar-refractivity contribution in [3.8, 4) is 0 Å². The van der Waals surface area contributed by atoms with Crippen LogP contribution < -0.4 is 0 Å². The Morgan fingerprint density at radius 2 is 1.05 bits per heavy atom. The molecule has 0 aromatic carbocycles. The van der Waals surface area contributed by atoms with Gasteiger partial charge in [0.05, 0.1) is 13.2 Å². The fourth-order valence-corrected chi connectivity index (χ4v) is 1.13. The van der Waals surface area contributed by atoms with Crippen molar-refractivity contribution in [1.82, 2.24) is 0 Å². The first-order valence-electron chi connectivity index (χ1n) is 7.45. The van der Waals surface area contributed by atoms with Crippen molar-refractivity contribution in [3.05, 3.63) is 0 Å². The summed E-state index contributed by atoms with van der Waals surface area (Å²) in [5.41, 5.74) is -0.255. The molecule has 124 valence electrons. The second-order valence-electron chi connectivity index (χ2n) is 5.03. The first-order valence-corrected chi connectivity index (χ1v) is 7.45. The van der Waals surface area contributed by atoms with Crippen LogP contribution in [0.3, 0.4) is 0 Å². The van der Waals surface area contributed by atoms with Crippen LogP contribution >= 0.6 is 0 Å². The van der Waals surface area contributed by atoms with Crippen molar-refractivity contribution < 1.29 is 42.1 Å². The number of hydrogen-bond acceptors (Lipinski definition) is 4. The molecular weight excluding hydrogens is 292 g/mol. The van der Waals surface area contributed by atoms with Crippen LogP contribution in [0.4, 0.5) is 0 Å². The summed E-state index contributed by atoms with van der Waals surface area (Å²) in [5, 5.41) is 33.6. The van der Waals surface area contributed by atoms with Crippen LogP contribution in [-0.2, 0) is 21.7 Å². The third-order valence-corrected chi connectivity index (χ3v) is 2.64. The molecule has 4 nitrogen and oxygen atoms in total. The number of aliphatic hydroxyl groups excluding tert-OH is 4. The van der Waals surface area contributed by atoms with Crippen LogP contribution in [0.5, 0.6) is 0 Å². The third kappa shape index (κ3) is 27.0. The molecule has 0 spiro atoms. The molecule has 0 radical (unpaired) electrons. The Morgan fingerprint density at radius 3 is 1.10 bits per heavy atom. The standard InChI is InChI=1S/C7H16O2.2C4H10O.Ti/c1-3-4-7(2,5-8)6-9;2*1-2-3-4-5;/h8-9H,3-6H2,1-2H3;2*5H,2-4H2,1H3;. The summed E-state index contributed by atoms with van der Waals surface area (Å²) in [7, 11) is 0. The Kier molecular flexibility index (Phi) is 35.2. The van der Waals surface area contributed by atoms with E-state index in [0.29, 0.717) is 13.2 Å². The molecule has 0 aliphatic heterocycles. The Labute approximate surface area is 140 Å². The minimum Gasteiger partial charge on any atom is -0.396 e. The van der Waals surface area contributed by atoms with Gasteiger partial charge in [-0.05, 0) is 19.3 Å². The first kappa shape index (κ1) is 28.7. The van der Waals surface area contributed by atoms with Gasteiger partial charge in [-0.25, -0.2) is 0 Å². The predicted octanol–water partition coefficient (Wildman–Crippen LogP) is 2.33. The molecule has 5 heteroatoms. The van der Waals surface area contributed by atoms with Crippen LogP contribution in [0.1, 0.15) is 66.2 Å². The van der Waals surface area contributed by atoms with Crippen molar-refractivity contribution in [1.29, 1.82) is 0 Å². The molecule has 0 aromatic heterocycles. The van der Waals surface area contributed by atoms with E-state index in [0.717, 1.165) is 38.5 Å². The Bertz CT molecular complexity index is 132. The third-order valence-electron chi connectivity index (χ3n) is 2.64. The minimum atomic E-state index is -0.255. The number of aliphatic hydroxyl groups is 4. The summed E-state index contributed by atoms with van der Waals surface area (Å²) in [6, 6.07) is 0. The Hall–Kier alpha value is 0.554. The molecule has 0 heterocycles. The second kappa shape index (κ2) is 24.6. The quantitative estimate of drug-likeness (QED) is 0.516. The average molecular weight is 328 g/mol. The van der Waals surface area contributed by atoms with Gasteiger partial charge < -0.3 is 20.4 Å². The molecule has 20 heavy (non-hydrogen) atoms. The Balaban J connectivity index is -0.000000101. The predicted molar refractivity (Wildman–Crippen MR) is 81.2 cm³/mol. The van der Waals surface area contributed by atoms with Gasteiger partial charge >= 0.3 is 0 Å². The summed E-state index contributed by atoms with van der Waals surface area (Å²) in [5.74, 6) is 0. The second-order valence-corrected chi connectivity index (χ2v) is 5.03. The molecule has 0 saturated carbocycles. The molecule has 0 bridgehead atoms. The summed E-state index contributed by atoms with van der Waals surface area (Å²) >= 11 is 0. The van der Waals surface area contributed by atoms with Crippen LogP contribution in [-0.4, -0.2) is 46.9 Å². The molecule has 0 amide bonds. The van der Waals surface area contributed by atoms with Crippen LogP contribution in [0, 0.1) is 5.41 Å². The minimum absolute atomic E-state index is 0. The molecule has 0 fully saturated rings. The van der Waals surface area contributed by atoms with Crippen molar-refractivity contribution in [2.45, 2.75) is 66.2 Å². The van der Waals surface area contributed by atoms with E-state index in [1.807, 2.05) is 13.8 Å². The normalized spacial score (nSPS) is 9.60. The molecule has 0 aliphatic carbocycles. The summed E-state index contributed by atoms with van der Waals surface area (Å²) < 4.78 is 0. The number of rotatable bonds is 8. The van der Waals surface area contributed by atoms with E-state index in [1.54, 1.807) is 0 Å². The molecule has 0 aliphatic rings. The maximum atomic E-state index is 8.76. The smallest absolute Gasteiger partial charge is 0.0506 e. The molecular formula is C15H36O4Ti. The molecule has 0 saturated heterocycles. The fraction of sp³-hybridized carbons (Fsp3) is 1.00. The zero-order chi connectivity index (χ0) is 15.6. The van der Waals surface area contributed by atoms with Gasteiger partial charge in [0, 0.05) is 40.3 Å². The average Bonchev–Trinajstić information content (AvgIpc) is 2.42. The molecule has 0 atom stereocenters. The maximum Gasteiger partial charge on any atom is 0.0506 e. The summed E-state index contributed by atoms with van der Waals surface area (Å²) in [6.45, 7) is 8.88. The van der Waals surface area contributed by atoms with E-state index < -0.39 is 0 Å². The maximum absolute atomic E-state index is 8.76. The summed E-state index contributed by atoms with van der Waals surface area (Å²) in [4.78, 5) is 0. The van der Waals surface area contributed by atoms with E-state index in [1.165, 1.54) is 0 Å². The van der Waals surface area contributed by atoms with Crippen molar-refractivity contribution >= 4 is 0 Å². The fourth-order valence-electron chi connectivity index (χ4n) is 1.13. The molecule has 0 unspecified atom stereocenters. The van der Waals surface area contributed by atoms with Crippen molar-refractivity contribution in [2.24, 2.45) is 5.41 Å². The van der Waals surface area contributed by atoms with Crippen LogP contribution in [0.15, 0.2) is 0 Å². The van der Waals surface area contributed by atoms with E-state index in [2.05, 4.69) is 13.8 Å². The van der Waals surface area contributed by atoms with Gasteiger partial charge in [0.1, 0.15) is 0 Å². The first-order chi connectivity index (χ1) is 9.01. The van der Waals surface area contributed by atoms with E-state index in [9.17, 15) is 0 Å². The van der Waals surface area contributed by atoms with E-state index in [-0.39, 0.29) is 40.3 Å². The van der Waals surface area contributed by atoms with Crippen LogP contribution in [0.25, 0.3) is 0 Å². The van der Waals surface area contributed by atoms with Gasteiger partial charge in [-0.15, -0.1) is 0 Å². The zero-order valence-electron chi connectivity index (χ0n) is 13.9. The molecule has 4 N–H and O–H groups in total. The van der Waals surface area contributed by atoms with E-state index >= 15 is 0 Å². The van der Waals surface area contributed by atoms with Gasteiger partial charge in [0.2, 0.25) is 0 Å². The zero-order valence-corrected chi connectivity index (χ0v) is 15.4. The van der Waals surface area contributed by atoms with Gasteiger partial charge in [-0.3, -0.25) is 0 Å². The number of hydrogen-bond donors (Lipinski definition) is 4. The van der Waals surface area contributed by atoms with Gasteiger partial charge in [-0.2, -0.15) is 0 Å². The van der Waals surface area contributed by atoms with Gasteiger partial charge in [0.25, 0.3) is 0 Å². The molecule has 0 rings (SSSR count). The monoisotopic (exact) mass is 328 g/mol. The Morgan fingerprint density at radius 1 is 0.700 bits per heavy atom. The largest absolute Gasteiger partial charge is 0.396 e. The molecule has 0 aromatic rings. The van der Waals surface area contributed by atoms with Crippen molar-refractivity contribution in [3.63, 3.8) is 0 Å². The number of unbranched alkanes of at least 4 members (excludes halogenated alkanes) is 2. The van der Waals surface area contributed by atoms with E-state index in [4.69, 9.17) is 20.4 Å². The summed E-state index contributed by atoms with van der Waals surface area (Å²) in [6.07, 6.45) is 5.98. The van der Waals surface area contributed by atoms with Crippen LogP contribution in [0.2, 0.25) is 0 Å². The SMILES string of the molecule is CCCC(C)(CO)CO.CCCCO.CCCCO.[Ti]. The topological polar surface area (TPSA) is 80.9 Å². The van der Waals surface area contributed by atoms with Crippen molar-refractivity contribution in [2.75, 3.05) is 26.4 Å².